The molecule has 1 N–H and O–H groups in total. The maximum atomic E-state index is 11.8. The van der Waals surface area contributed by atoms with Gasteiger partial charge in [-0.3, -0.25) is 9.59 Å². The van der Waals surface area contributed by atoms with E-state index in [-0.39, 0.29) is 17.7 Å². The fraction of sp³-hybridized carbons (Fsp3) is 0.467. The summed E-state index contributed by atoms with van der Waals surface area (Å²) in [5.41, 5.74) is 1.92. The molecule has 4 nitrogen and oxygen atoms in total. The molecule has 0 atom stereocenters. The molecule has 1 aliphatic carbocycles. The lowest BCUT2D eigenvalue weighted by atomic mass is 10.2. The largest absolute Gasteiger partial charge is 0.354 e. The molecule has 0 saturated heterocycles. The number of benzene rings is 1. The molecule has 0 heterocycles. The van der Waals surface area contributed by atoms with Crippen molar-refractivity contribution in [3.8, 4) is 0 Å². The highest BCUT2D eigenvalue weighted by Crippen LogP contribution is 2.28. The minimum absolute atomic E-state index is 0.0175. The van der Waals surface area contributed by atoms with E-state index in [1.54, 1.807) is 11.8 Å². The molecule has 2 amide bonds. The maximum absolute atomic E-state index is 11.8. The summed E-state index contributed by atoms with van der Waals surface area (Å²) in [6.45, 7) is 4.50. The first-order valence-corrected chi connectivity index (χ1v) is 7.60. The average Bonchev–Trinajstić information content (AvgIpc) is 3.19. The van der Waals surface area contributed by atoms with Crippen LogP contribution in [-0.2, 0) is 9.59 Å². The molecule has 20 heavy (non-hydrogen) atoms. The maximum Gasteiger partial charge on any atom is 0.223 e. The lowest BCUT2D eigenvalue weighted by Gasteiger charge is -2.23. The molecule has 1 saturated carbocycles. The second kappa shape index (κ2) is 6.39. The predicted molar refractivity (Wildman–Crippen MR) is 82.6 cm³/mol. The Morgan fingerprint density at radius 3 is 2.65 bits per heavy atom. The zero-order valence-electron chi connectivity index (χ0n) is 11.8. The van der Waals surface area contributed by atoms with Gasteiger partial charge in [-0.2, -0.15) is 0 Å². The molecule has 1 aromatic carbocycles. The highest BCUT2D eigenvalue weighted by Gasteiger charge is 2.29. The first kappa shape index (κ1) is 15.0. The van der Waals surface area contributed by atoms with Crippen LogP contribution in [0.2, 0.25) is 0 Å². The number of aryl methyl sites for hydroxylation is 1. The zero-order valence-corrected chi connectivity index (χ0v) is 13.4. The minimum Gasteiger partial charge on any atom is -0.354 e. The fourth-order valence-corrected chi connectivity index (χ4v) is 2.63. The Bertz CT molecular complexity index is 527. The van der Waals surface area contributed by atoms with Crippen LogP contribution in [0.15, 0.2) is 22.7 Å². The van der Waals surface area contributed by atoms with Gasteiger partial charge in [0.1, 0.15) is 0 Å². The van der Waals surface area contributed by atoms with Gasteiger partial charge in [-0.25, -0.2) is 0 Å². The van der Waals surface area contributed by atoms with Gasteiger partial charge in [-0.1, -0.05) is 15.9 Å². The van der Waals surface area contributed by atoms with Crippen molar-refractivity contribution < 1.29 is 9.59 Å². The van der Waals surface area contributed by atoms with E-state index in [0.29, 0.717) is 13.1 Å². The van der Waals surface area contributed by atoms with Gasteiger partial charge in [-0.05, 0) is 43.5 Å². The van der Waals surface area contributed by atoms with E-state index in [1.807, 2.05) is 25.1 Å². The molecule has 108 valence electrons. The molecule has 0 bridgehead atoms. The van der Waals surface area contributed by atoms with Gasteiger partial charge in [0.05, 0.1) is 0 Å². The van der Waals surface area contributed by atoms with Gasteiger partial charge in [-0.15, -0.1) is 0 Å². The highest BCUT2D eigenvalue weighted by molar-refractivity contribution is 9.10. The van der Waals surface area contributed by atoms with Crippen molar-refractivity contribution in [3.05, 3.63) is 28.2 Å². The highest BCUT2D eigenvalue weighted by atomic mass is 79.9. The molecule has 1 fully saturated rings. The number of carbonyl (C=O) groups excluding carboxylic acids is 2. The normalized spacial score (nSPS) is 13.9. The molecule has 0 unspecified atom stereocenters. The Balaban J connectivity index is 1.99. The lowest BCUT2D eigenvalue weighted by Crippen LogP contribution is -2.38. The van der Waals surface area contributed by atoms with Crippen LogP contribution in [0.5, 0.6) is 0 Å². The molecular weight excluding hydrogens is 320 g/mol. The average molecular weight is 339 g/mol. The number of rotatable bonds is 5. The smallest absolute Gasteiger partial charge is 0.223 e. The van der Waals surface area contributed by atoms with Crippen molar-refractivity contribution in [2.24, 2.45) is 5.92 Å². The van der Waals surface area contributed by atoms with E-state index < -0.39 is 0 Å². The first-order valence-electron chi connectivity index (χ1n) is 6.81. The van der Waals surface area contributed by atoms with Gasteiger partial charge in [0, 0.05) is 36.1 Å². The number of halogens is 1. The third-order valence-corrected chi connectivity index (χ3v) is 3.91. The van der Waals surface area contributed by atoms with Crippen molar-refractivity contribution in [1.82, 2.24) is 5.32 Å². The lowest BCUT2D eigenvalue weighted by molar-refractivity contribution is -0.122. The first-order chi connectivity index (χ1) is 9.49. The van der Waals surface area contributed by atoms with Crippen LogP contribution < -0.4 is 10.2 Å². The molecule has 2 rings (SSSR count). The number of hydrogen-bond acceptors (Lipinski definition) is 2. The molecule has 0 spiro atoms. The predicted octanol–water partition coefficient (Wildman–Crippen LogP) is 2.64. The van der Waals surface area contributed by atoms with Crippen LogP contribution in [-0.4, -0.2) is 24.9 Å². The van der Waals surface area contributed by atoms with Gasteiger partial charge in [0.2, 0.25) is 11.8 Å². The van der Waals surface area contributed by atoms with Crippen LogP contribution in [0.25, 0.3) is 0 Å². The summed E-state index contributed by atoms with van der Waals surface area (Å²) in [5.74, 6) is 0.298. The quantitative estimate of drug-likeness (QED) is 0.897. The van der Waals surface area contributed by atoms with E-state index in [4.69, 9.17) is 0 Å². The molecule has 1 aliphatic rings. The Hall–Kier alpha value is -1.36. The number of nitrogens with one attached hydrogen (secondary N) is 1. The standard InChI is InChI=1S/C15H19BrN2O2/c1-10-9-13(16)5-6-14(10)18(11(2)19)8-7-17-15(20)12-3-4-12/h5-6,9,12H,3-4,7-8H2,1-2H3,(H,17,20). The van der Waals surface area contributed by atoms with Crippen molar-refractivity contribution in [2.75, 3.05) is 18.0 Å². The topological polar surface area (TPSA) is 49.4 Å². The van der Waals surface area contributed by atoms with Crippen molar-refractivity contribution in [3.63, 3.8) is 0 Å². The van der Waals surface area contributed by atoms with Gasteiger partial charge in [0.15, 0.2) is 0 Å². The van der Waals surface area contributed by atoms with Crippen LogP contribution in [0.3, 0.4) is 0 Å². The zero-order chi connectivity index (χ0) is 14.7. The van der Waals surface area contributed by atoms with Crippen LogP contribution >= 0.6 is 15.9 Å². The Kier molecular flexibility index (Phi) is 4.81. The van der Waals surface area contributed by atoms with Crippen LogP contribution in [0.1, 0.15) is 25.3 Å². The van der Waals surface area contributed by atoms with E-state index in [0.717, 1.165) is 28.6 Å². The van der Waals surface area contributed by atoms with Crippen LogP contribution in [0, 0.1) is 12.8 Å². The number of hydrogen-bond donors (Lipinski definition) is 1. The molecule has 1 aromatic rings. The van der Waals surface area contributed by atoms with Crippen molar-refractivity contribution in [2.45, 2.75) is 26.7 Å². The number of nitrogens with zero attached hydrogens (tertiary/aromatic N) is 1. The van der Waals surface area contributed by atoms with Gasteiger partial charge >= 0.3 is 0 Å². The summed E-state index contributed by atoms with van der Waals surface area (Å²) in [6.07, 6.45) is 1.99. The number of anilines is 1. The molecule has 5 heteroatoms. The van der Waals surface area contributed by atoms with E-state index >= 15 is 0 Å². The number of amides is 2. The van der Waals surface area contributed by atoms with Crippen LogP contribution in [0.4, 0.5) is 5.69 Å². The monoisotopic (exact) mass is 338 g/mol. The van der Waals surface area contributed by atoms with E-state index in [9.17, 15) is 9.59 Å². The van der Waals surface area contributed by atoms with Crippen molar-refractivity contribution >= 4 is 33.4 Å². The summed E-state index contributed by atoms with van der Waals surface area (Å²) >= 11 is 3.42. The second-order valence-corrected chi connectivity index (χ2v) is 6.08. The summed E-state index contributed by atoms with van der Waals surface area (Å²) in [4.78, 5) is 25.1. The number of carbonyl (C=O) groups is 2. The molecule has 0 radical (unpaired) electrons. The van der Waals surface area contributed by atoms with Gasteiger partial charge in [0.25, 0.3) is 0 Å². The summed E-state index contributed by atoms with van der Waals surface area (Å²) < 4.78 is 0.990. The van der Waals surface area contributed by atoms with E-state index in [2.05, 4.69) is 21.2 Å². The Morgan fingerprint density at radius 1 is 1.40 bits per heavy atom. The Labute approximate surface area is 127 Å². The van der Waals surface area contributed by atoms with E-state index in [1.165, 1.54) is 0 Å². The summed E-state index contributed by atoms with van der Waals surface area (Å²) in [5, 5.41) is 2.89. The SMILES string of the molecule is CC(=O)N(CCNC(=O)C1CC1)c1ccc(Br)cc1C. The third-order valence-electron chi connectivity index (χ3n) is 3.41. The second-order valence-electron chi connectivity index (χ2n) is 5.17. The van der Waals surface area contributed by atoms with Gasteiger partial charge < -0.3 is 10.2 Å². The summed E-state index contributed by atoms with van der Waals surface area (Å²) in [7, 11) is 0. The fourth-order valence-electron chi connectivity index (χ4n) is 2.15. The minimum atomic E-state index is -0.0175. The summed E-state index contributed by atoms with van der Waals surface area (Å²) in [6, 6.07) is 5.82. The molecular formula is C15H19BrN2O2. The molecule has 0 aliphatic heterocycles. The van der Waals surface area contributed by atoms with Crippen molar-refractivity contribution in [1.29, 1.82) is 0 Å². The third kappa shape index (κ3) is 3.82. The Morgan fingerprint density at radius 2 is 2.10 bits per heavy atom. The molecule has 0 aromatic heterocycles.